The van der Waals surface area contributed by atoms with Gasteiger partial charge in [-0.25, -0.2) is 0 Å². The quantitative estimate of drug-likeness (QED) is 0.824. The van der Waals surface area contributed by atoms with Crippen molar-refractivity contribution in [3.63, 3.8) is 0 Å². The molecule has 0 saturated carbocycles. The molecule has 2 aromatic rings. The van der Waals surface area contributed by atoms with Crippen LogP contribution in [-0.2, 0) is 4.79 Å². The zero-order chi connectivity index (χ0) is 11.4. The zero-order valence-corrected chi connectivity index (χ0v) is 8.97. The summed E-state index contributed by atoms with van der Waals surface area (Å²) in [4.78, 5) is 11.9. The number of carbonyl (C=O) groups is 1. The molecule has 1 amide bonds. The van der Waals surface area contributed by atoms with Gasteiger partial charge in [0.25, 0.3) is 0 Å². The van der Waals surface area contributed by atoms with E-state index < -0.39 is 0 Å². The summed E-state index contributed by atoms with van der Waals surface area (Å²) >= 11 is 0. The summed E-state index contributed by atoms with van der Waals surface area (Å²) in [6, 6.07) is 11.4. The largest absolute Gasteiger partial charge is 0.311 e. The van der Waals surface area contributed by atoms with Crippen LogP contribution in [-0.4, -0.2) is 16.1 Å². The molecule has 0 fully saturated rings. The minimum Gasteiger partial charge on any atom is -0.311 e. The molecule has 0 aliphatic carbocycles. The Morgan fingerprint density at radius 3 is 2.69 bits per heavy atom. The molecule has 2 N–H and O–H groups in total. The van der Waals surface area contributed by atoms with Gasteiger partial charge in [-0.05, 0) is 12.5 Å². The highest BCUT2D eigenvalue weighted by Crippen LogP contribution is 2.16. The highest BCUT2D eigenvalue weighted by Gasteiger charge is 2.14. The second-order valence-corrected chi connectivity index (χ2v) is 3.59. The lowest BCUT2D eigenvalue weighted by Gasteiger charge is -2.10. The van der Waals surface area contributed by atoms with E-state index >= 15 is 0 Å². The second kappa shape index (κ2) is 4.61. The SMILES string of the molecule is CC(C(=O)Nc1ccn[nH]1)c1ccccc1. The third kappa shape index (κ3) is 2.28. The normalized spacial score (nSPS) is 12.1. The summed E-state index contributed by atoms with van der Waals surface area (Å²) in [5, 5.41) is 9.22. The lowest BCUT2D eigenvalue weighted by atomic mass is 10.0. The monoisotopic (exact) mass is 215 g/mol. The maximum atomic E-state index is 11.9. The molecule has 1 unspecified atom stereocenters. The Hall–Kier alpha value is -2.10. The number of carbonyl (C=O) groups excluding carboxylic acids is 1. The third-order valence-corrected chi connectivity index (χ3v) is 2.45. The van der Waals surface area contributed by atoms with Gasteiger partial charge in [-0.2, -0.15) is 5.10 Å². The maximum absolute atomic E-state index is 11.9. The predicted octanol–water partition coefficient (Wildman–Crippen LogP) is 2.15. The number of anilines is 1. The van der Waals surface area contributed by atoms with E-state index in [9.17, 15) is 4.79 Å². The van der Waals surface area contributed by atoms with E-state index in [1.54, 1.807) is 12.3 Å². The molecule has 4 nitrogen and oxygen atoms in total. The van der Waals surface area contributed by atoms with Gasteiger partial charge in [-0.15, -0.1) is 0 Å². The molecule has 16 heavy (non-hydrogen) atoms. The highest BCUT2D eigenvalue weighted by atomic mass is 16.1. The molecule has 0 bridgehead atoms. The van der Waals surface area contributed by atoms with Crippen LogP contribution >= 0.6 is 0 Å². The van der Waals surface area contributed by atoms with Crippen molar-refractivity contribution < 1.29 is 4.79 Å². The topological polar surface area (TPSA) is 57.8 Å². The van der Waals surface area contributed by atoms with E-state index in [0.717, 1.165) is 5.56 Å². The molecule has 0 aliphatic heterocycles. The van der Waals surface area contributed by atoms with Crippen molar-refractivity contribution in [2.45, 2.75) is 12.8 Å². The van der Waals surface area contributed by atoms with Gasteiger partial charge < -0.3 is 5.32 Å². The number of benzene rings is 1. The van der Waals surface area contributed by atoms with Gasteiger partial charge in [-0.1, -0.05) is 30.3 Å². The van der Waals surface area contributed by atoms with Gasteiger partial charge >= 0.3 is 0 Å². The first-order valence-corrected chi connectivity index (χ1v) is 5.12. The fourth-order valence-electron chi connectivity index (χ4n) is 1.46. The minimum atomic E-state index is -0.176. The summed E-state index contributed by atoms with van der Waals surface area (Å²) in [6.45, 7) is 1.88. The standard InChI is InChI=1S/C12H13N3O/c1-9(10-5-3-2-4-6-10)12(16)14-11-7-8-13-15-11/h2-9H,1H3,(H2,13,14,15,16). The van der Waals surface area contributed by atoms with Crippen molar-refractivity contribution in [2.24, 2.45) is 0 Å². The molecule has 0 saturated heterocycles. The van der Waals surface area contributed by atoms with Crippen LogP contribution in [0, 0.1) is 0 Å². The number of aromatic amines is 1. The minimum absolute atomic E-state index is 0.0459. The van der Waals surface area contributed by atoms with Gasteiger partial charge in [0.2, 0.25) is 5.91 Å². The molecule has 1 atom stereocenters. The van der Waals surface area contributed by atoms with Crippen molar-refractivity contribution in [3.05, 3.63) is 48.2 Å². The fraction of sp³-hybridized carbons (Fsp3) is 0.167. The van der Waals surface area contributed by atoms with Gasteiger partial charge in [0.1, 0.15) is 5.82 Å². The van der Waals surface area contributed by atoms with E-state index in [2.05, 4.69) is 15.5 Å². The highest BCUT2D eigenvalue weighted by molar-refractivity contribution is 5.94. The third-order valence-electron chi connectivity index (χ3n) is 2.45. The smallest absolute Gasteiger partial charge is 0.232 e. The average Bonchev–Trinajstić information content (AvgIpc) is 2.82. The Morgan fingerprint density at radius 2 is 2.06 bits per heavy atom. The molecular weight excluding hydrogens is 202 g/mol. The number of H-pyrrole nitrogens is 1. The van der Waals surface area contributed by atoms with Crippen LogP contribution in [0.1, 0.15) is 18.4 Å². The Bertz CT molecular complexity index is 450. The van der Waals surface area contributed by atoms with Crippen LogP contribution in [0.15, 0.2) is 42.6 Å². The van der Waals surface area contributed by atoms with Crippen molar-refractivity contribution >= 4 is 11.7 Å². The van der Waals surface area contributed by atoms with Crippen LogP contribution in [0.2, 0.25) is 0 Å². The van der Waals surface area contributed by atoms with Crippen molar-refractivity contribution in [2.75, 3.05) is 5.32 Å². The van der Waals surface area contributed by atoms with Crippen molar-refractivity contribution in [1.82, 2.24) is 10.2 Å². The molecule has 4 heteroatoms. The molecular formula is C12H13N3O. The van der Waals surface area contributed by atoms with Crippen molar-refractivity contribution in [3.8, 4) is 0 Å². The zero-order valence-electron chi connectivity index (χ0n) is 8.97. The lowest BCUT2D eigenvalue weighted by molar-refractivity contribution is -0.117. The number of nitrogens with zero attached hydrogens (tertiary/aromatic N) is 1. The average molecular weight is 215 g/mol. The molecule has 82 valence electrons. The molecule has 2 rings (SSSR count). The summed E-state index contributed by atoms with van der Waals surface area (Å²) in [6.07, 6.45) is 1.60. The summed E-state index contributed by atoms with van der Waals surface area (Å²) < 4.78 is 0. The van der Waals surface area contributed by atoms with Gasteiger partial charge in [0.15, 0.2) is 0 Å². The molecule has 0 aliphatic rings. The molecule has 1 heterocycles. The molecule has 0 radical (unpaired) electrons. The molecule has 1 aromatic heterocycles. The maximum Gasteiger partial charge on any atom is 0.232 e. The van der Waals surface area contributed by atoms with E-state index in [4.69, 9.17) is 0 Å². The van der Waals surface area contributed by atoms with Crippen LogP contribution in [0.4, 0.5) is 5.82 Å². The first kappa shape index (κ1) is 10.4. The van der Waals surface area contributed by atoms with Crippen LogP contribution < -0.4 is 5.32 Å². The number of hydrogen-bond acceptors (Lipinski definition) is 2. The Balaban J connectivity index is 2.05. The predicted molar refractivity (Wildman–Crippen MR) is 62.1 cm³/mol. The Labute approximate surface area is 93.7 Å². The number of nitrogens with one attached hydrogen (secondary N) is 2. The number of hydrogen-bond donors (Lipinski definition) is 2. The Kier molecular flexibility index (Phi) is 3.00. The van der Waals surface area contributed by atoms with Crippen LogP contribution in [0.5, 0.6) is 0 Å². The molecule has 1 aromatic carbocycles. The van der Waals surface area contributed by atoms with E-state index in [0.29, 0.717) is 5.82 Å². The van der Waals surface area contributed by atoms with Crippen molar-refractivity contribution in [1.29, 1.82) is 0 Å². The summed E-state index contributed by atoms with van der Waals surface area (Å²) in [5.74, 6) is 0.396. The first-order valence-electron chi connectivity index (χ1n) is 5.12. The number of rotatable bonds is 3. The number of aromatic nitrogens is 2. The Morgan fingerprint density at radius 1 is 1.31 bits per heavy atom. The second-order valence-electron chi connectivity index (χ2n) is 3.59. The lowest BCUT2D eigenvalue weighted by Crippen LogP contribution is -2.18. The fourth-order valence-corrected chi connectivity index (χ4v) is 1.46. The van der Waals surface area contributed by atoms with Gasteiger partial charge in [0, 0.05) is 6.07 Å². The van der Waals surface area contributed by atoms with Crippen LogP contribution in [0.25, 0.3) is 0 Å². The van der Waals surface area contributed by atoms with Gasteiger partial charge in [0.05, 0.1) is 12.1 Å². The number of amides is 1. The summed E-state index contributed by atoms with van der Waals surface area (Å²) in [5.41, 5.74) is 1.000. The summed E-state index contributed by atoms with van der Waals surface area (Å²) in [7, 11) is 0. The van der Waals surface area contributed by atoms with Gasteiger partial charge in [-0.3, -0.25) is 9.89 Å². The first-order chi connectivity index (χ1) is 7.77. The van der Waals surface area contributed by atoms with Crippen LogP contribution in [0.3, 0.4) is 0 Å². The van der Waals surface area contributed by atoms with E-state index in [1.165, 1.54) is 0 Å². The van der Waals surface area contributed by atoms with E-state index in [1.807, 2.05) is 37.3 Å². The van der Waals surface area contributed by atoms with E-state index in [-0.39, 0.29) is 11.8 Å². The molecule has 0 spiro atoms.